The van der Waals surface area contributed by atoms with E-state index < -0.39 is 5.97 Å². The largest absolute Gasteiger partial charge is 0.478 e. The standard InChI is InChI=1S/C13H18N2O2/c1-8-5-10(15(2)7-9-3-4-9)6-11(12(8)14)13(16)17/h5-6,9H,3-4,7,14H2,1-2H3,(H,16,17). The van der Waals surface area contributed by atoms with Crippen molar-refractivity contribution < 1.29 is 9.90 Å². The van der Waals surface area contributed by atoms with E-state index in [0.717, 1.165) is 23.7 Å². The number of aryl methyl sites for hydroxylation is 1. The second-order valence-corrected chi connectivity index (χ2v) is 4.85. The van der Waals surface area contributed by atoms with Crippen molar-refractivity contribution in [3.8, 4) is 0 Å². The van der Waals surface area contributed by atoms with Gasteiger partial charge in [0.05, 0.1) is 5.56 Å². The number of rotatable bonds is 4. The molecule has 0 atom stereocenters. The summed E-state index contributed by atoms with van der Waals surface area (Å²) in [6.07, 6.45) is 2.56. The van der Waals surface area contributed by atoms with Crippen LogP contribution in [0.2, 0.25) is 0 Å². The lowest BCUT2D eigenvalue weighted by molar-refractivity contribution is 0.0698. The fourth-order valence-corrected chi connectivity index (χ4v) is 1.97. The SMILES string of the molecule is Cc1cc(N(C)CC2CC2)cc(C(=O)O)c1N. The predicted octanol–water partition coefficient (Wildman–Crippen LogP) is 2.12. The highest BCUT2D eigenvalue weighted by molar-refractivity contribution is 5.95. The number of carbonyl (C=O) groups is 1. The first-order chi connectivity index (χ1) is 7.99. The zero-order valence-electron chi connectivity index (χ0n) is 10.2. The topological polar surface area (TPSA) is 66.6 Å². The Bertz CT molecular complexity index is 453. The molecule has 1 aromatic carbocycles. The van der Waals surface area contributed by atoms with Crippen LogP contribution in [-0.2, 0) is 0 Å². The van der Waals surface area contributed by atoms with Crippen LogP contribution in [0.5, 0.6) is 0 Å². The molecule has 92 valence electrons. The fourth-order valence-electron chi connectivity index (χ4n) is 1.97. The molecule has 0 saturated heterocycles. The highest BCUT2D eigenvalue weighted by atomic mass is 16.4. The van der Waals surface area contributed by atoms with Crippen LogP contribution >= 0.6 is 0 Å². The summed E-state index contributed by atoms with van der Waals surface area (Å²) in [5.74, 6) is -0.196. The molecule has 0 aliphatic heterocycles. The van der Waals surface area contributed by atoms with Gasteiger partial charge in [-0.2, -0.15) is 0 Å². The maximum absolute atomic E-state index is 11.1. The third-order valence-electron chi connectivity index (χ3n) is 3.27. The zero-order chi connectivity index (χ0) is 12.6. The average molecular weight is 234 g/mol. The van der Waals surface area contributed by atoms with Crippen LogP contribution in [0.25, 0.3) is 0 Å². The lowest BCUT2D eigenvalue weighted by Gasteiger charge is -2.21. The summed E-state index contributed by atoms with van der Waals surface area (Å²) in [7, 11) is 1.99. The van der Waals surface area contributed by atoms with Gasteiger partial charge in [0.1, 0.15) is 0 Å². The first-order valence-corrected chi connectivity index (χ1v) is 5.83. The molecule has 0 amide bonds. The Balaban J connectivity index is 2.30. The van der Waals surface area contributed by atoms with Gasteiger partial charge in [0, 0.05) is 25.0 Å². The minimum atomic E-state index is -0.965. The summed E-state index contributed by atoms with van der Waals surface area (Å²) in [6, 6.07) is 3.61. The molecule has 0 spiro atoms. The molecule has 1 fully saturated rings. The number of carboxylic acid groups (broad SMARTS) is 1. The summed E-state index contributed by atoms with van der Waals surface area (Å²) >= 11 is 0. The second kappa shape index (κ2) is 4.28. The van der Waals surface area contributed by atoms with Gasteiger partial charge in [-0.15, -0.1) is 0 Å². The maximum atomic E-state index is 11.1. The monoisotopic (exact) mass is 234 g/mol. The van der Waals surface area contributed by atoms with Gasteiger partial charge >= 0.3 is 5.97 Å². The van der Waals surface area contributed by atoms with Gasteiger partial charge in [-0.3, -0.25) is 0 Å². The number of nitrogen functional groups attached to an aromatic ring is 1. The Kier molecular flexibility index (Phi) is 2.96. The number of anilines is 2. The van der Waals surface area contributed by atoms with E-state index in [1.165, 1.54) is 12.8 Å². The third-order valence-corrected chi connectivity index (χ3v) is 3.27. The van der Waals surface area contributed by atoms with Gasteiger partial charge in [0.2, 0.25) is 0 Å². The van der Waals surface area contributed by atoms with E-state index >= 15 is 0 Å². The summed E-state index contributed by atoms with van der Waals surface area (Å²) in [5, 5.41) is 9.09. The van der Waals surface area contributed by atoms with Crippen molar-refractivity contribution in [2.45, 2.75) is 19.8 Å². The van der Waals surface area contributed by atoms with Gasteiger partial charge in [0.25, 0.3) is 0 Å². The predicted molar refractivity (Wildman–Crippen MR) is 68.5 cm³/mol. The molecule has 0 radical (unpaired) electrons. The Morgan fingerprint density at radius 2 is 2.18 bits per heavy atom. The van der Waals surface area contributed by atoms with Crippen molar-refractivity contribution in [3.05, 3.63) is 23.3 Å². The Morgan fingerprint density at radius 1 is 1.53 bits per heavy atom. The first kappa shape index (κ1) is 11.8. The minimum absolute atomic E-state index is 0.197. The molecular weight excluding hydrogens is 216 g/mol. The second-order valence-electron chi connectivity index (χ2n) is 4.85. The molecule has 1 saturated carbocycles. The van der Waals surface area contributed by atoms with E-state index in [1.807, 2.05) is 20.0 Å². The molecule has 0 unspecified atom stereocenters. The van der Waals surface area contributed by atoms with Crippen molar-refractivity contribution >= 4 is 17.3 Å². The number of hydrogen-bond donors (Lipinski definition) is 2. The van der Waals surface area contributed by atoms with Crippen LogP contribution in [-0.4, -0.2) is 24.7 Å². The smallest absolute Gasteiger partial charge is 0.337 e. The number of carboxylic acids is 1. The van der Waals surface area contributed by atoms with Crippen LogP contribution < -0.4 is 10.6 Å². The number of nitrogens with two attached hydrogens (primary N) is 1. The maximum Gasteiger partial charge on any atom is 0.337 e. The molecule has 4 nitrogen and oxygen atoms in total. The molecule has 1 aromatic rings. The van der Waals surface area contributed by atoms with Gasteiger partial charge in [0.15, 0.2) is 0 Å². The zero-order valence-corrected chi connectivity index (χ0v) is 10.2. The van der Waals surface area contributed by atoms with Crippen LogP contribution in [0.15, 0.2) is 12.1 Å². The van der Waals surface area contributed by atoms with Gasteiger partial charge < -0.3 is 15.7 Å². The molecule has 2 rings (SSSR count). The number of hydrogen-bond acceptors (Lipinski definition) is 3. The molecule has 1 aliphatic carbocycles. The number of aromatic carboxylic acids is 1. The lowest BCUT2D eigenvalue weighted by atomic mass is 10.1. The summed E-state index contributed by atoms with van der Waals surface area (Å²) in [6.45, 7) is 2.83. The van der Waals surface area contributed by atoms with Crippen molar-refractivity contribution in [1.29, 1.82) is 0 Å². The first-order valence-electron chi connectivity index (χ1n) is 5.83. The minimum Gasteiger partial charge on any atom is -0.478 e. The summed E-state index contributed by atoms with van der Waals surface area (Å²) in [5.41, 5.74) is 8.08. The number of benzene rings is 1. The quantitative estimate of drug-likeness (QED) is 0.783. The van der Waals surface area contributed by atoms with Crippen LogP contribution in [0.4, 0.5) is 11.4 Å². The van der Waals surface area contributed by atoms with Crippen molar-refractivity contribution in [1.82, 2.24) is 0 Å². The molecule has 17 heavy (non-hydrogen) atoms. The Morgan fingerprint density at radius 3 is 2.71 bits per heavy atom. The molecule has 1 aliphatic rings. The molecule has 0 aromatic heterocycles. The van der Waals surface area contributed by atoms with E-state index in [2.05, 4.69) is 4.90 Å². The summed E-state index contributed by atoms with van der Waals surface area (Å²) < 4.78 is 0. The van der Waals surface area contributed by atoms with E-state index in [1.54, 1.807) is 6.07 Å². The fraction of sp³-hybridized carbons (Fsp3) is 0.462. The van der Waals surface area contributed by atoms with E-state index in [9.17, 15) is 4.79 Å². The average Bonchev–Trinajstić information content (AvgIpc) is 3.05. The van der Waals surface area contributed by atoms with Crippen LogP contribution in [0, 0.1) is 12.8 Å². The van der Waals surface area contributed by atoms with Gasteiger partial charge in [-0.05, 0) is 43.4 Å². The molecule has 0 bridgehead atoms. The van der Waals surface area contributed by atoms with E-state index in [4.69, 9.17) is 10.8 Å². The van der Waals surface area contributed by atoms with E-state index in [-0.39, 0.29) is 5.56 Å². The van der Waals surface area contributed by atoms with Crippen molar-refractivity contribution in [3.63, 3.8) is 0 Å². The summed E-state index contributed by atoms with van der Waals surface area (Å²) in [4.78, 5) is 13.2. The van der Waals surface area contributed by atoms with Crippen molar-refractivity contribution in [2.24, 2.45) is 5.92 Å². The molecule has 4 heteroatoms. The van der Waals surface area contributed by atoms with Crippen molar-refractivity contribution in [2.75, 3.05) is 24.2 Å². The highest BCUT2D eigenvalue weighted by Crippen LogP contribution is 2.32. The Labute approximate surface area is 101 Å². The van der Waals surface area contributed by atoms with Gasteiger partial charge in [-0.1, -0.05) is 0 Å². The van der Waals surface area contributed by atoms with Crippen LogP contribution in [0.1, 0.15) is 28.8 Å². The number of nitrogens with zero attached hydrogens (tertiary/aromatic N) is 1. The lowest BCUT2D eigenvalue weighted by Crippen LogP contribution is -2.20. The normalized spacial score (nSPS) is 14.7. The molecule has 3 N–H and O–H groups in total. The van der Waals surface area contributed by atoms with E-state index in [0.29, 0.717) is 5.69 Å². The Hall–Kier alpha value is -1.71. The molecule has 0 heterocycles. The highest BCUT2D eigenvalue weighted by Gasteiger charge is 2.23. The molecular formula is C13H18N2O2. The third kappa shape index (κ3) is 2.52. The van der Waals surface area contributed by atoms with Crippen LogP contribution in [0.3, 0.4) is 0 Å². The van der Waals surface area contributed by atoms with Gasteiger partial charge in [-0.25, -0.2) is 4.79 Å².